The van der Waals surface area contributed by atoms with E-state index in [4.69, 9.17) is 9.47 Å². The lowest BCUT2D eigenvalue weighted by atomic mass is 9.77. The highest BCUT2D eigenvalue weighted by Crippen LogP contribution is 2.92. The van der Waals surface area contributed by atoms with Crippen LogP contribution in [0.15, 0.2) is 0 Å². The van der Waals surface area contributed by atoms with Gasteiger partial charge in [-0.3, -0.25) is 9.59 Å². The molecule has 0 radical (unpaired) electrons. The zero-order valence-electron chi connectivity index (χ0n) is 10.8. The Bertz CT molecular complexity index is 454. The van der Waals surface area contributed by atoms with Crippen molar-refractivity contribution in [3.05, 3.63) is 0 Å². The maximum absolute atomic E-state index is 12.1. The normalized spacial score (nSPS) is 48.8. The van der Waals surface area contributed by atoms with Gasteiger partial charge in [0.05, 0.1) is 14.2 Å². The van der Waals surface area contributed by atoms with Gasteiger partial charge >= 0.3 is 11.9 Å². The van der Waals surface area contributed by atoms with E-state index in [-0.39, 0.29) is 22.8 Å². The summed E-state index contributed by atoms with van der Waals surface area (Å²) in [7, 11) is 2.73. The van der Waals surface area contributed by atoms with Crippen molar-refractivity contribution in [3.8, 4) is 0 Å². The van der Waals surface area contributed by atoms with Gasteiger partial charge in [-0.05, 0) is 54.8 Å². The number of hydrogen-bond donors (Lipinski definition) is 0. The number of hydrogen-bond acceptors (Lipinski definition) is 4. The summed E-state index contributed by atoms with van der Waals surface area (Å²) in [6.45, 7) is 0. The van der Waals surface area contributed by atoms with Crippen molar-refractivity contribution in [1.82, 2.24) is 0 Å². The number of esters is 2. The molecule has 0 bridgehead atoms. The first-order valence-corrected chi connectivity index (χ1v) is 6.70. The lowest BCUT2D eigenvalue weighted by molar-refractivity contribution is -0.170. The van der Waals surface area contributed by atoms with Crippen LogP contribution in [0.2, 0.25) is 0 Å². The molecule has 4 aliphatic carbocycles. The highest BCUT2D eigenvalue weighted by molar-refractivity contribution is 6.01. The minimum absolute atomic E-state index is 0.267. The van der Waals surface area contributed by atoms with Crippen LogP contribution in [0.5, 0.6) is 0 Å². The fourth-order valence-corrected chi connectivity index (χ4v) is 5.64. The van der Waals surface area contributed by atoms with Crippen molar-refractivity contribution in [2.24, 2.45) is 28.1 Å². The molecule has 0 heterocycles. The fourth-order valence-electron chi connectivity index (χ4n) is 5.64. The van der Waals surface area contributed by atoms with E-state index >= 15 is 0 Å². The van der Waals surface area contributed by atoms with Gasteiger partial charge in [-0.25, -0.2) is 0 Å². The van der Waals surface area contributed by atoms with Crippen molar-refractivity contribution < 1.29 is 19.1 Å². The number of carbonyl (C=O) groups is 2. The third-order valence-corrected chi connectivity index (χ3v) is 6.28. The van der Waals surface area contributed by atoms with Crippen LogP contribution in [0.25, 0.3) is 0 Å². The molecule has 0 aromatic heterocycles. The molecule has 4 saturated carbocycles. The highest BCUT2D eigenvalue weighted by atomic mass is 16.5. The van der Waals surface area contributed by atoms with Gasteiger partial charge in [-0.2, -0.15) is 0 Å². The van der Waals surface area contributed by atoms with Crippen LogP contribution >= 0.6 is 0 Å². The Morgan fingerprint density at radius 2 is 1.72 bits per heavy atom. The molecule has 0 aromatic carbocycles. The standard InChI is InChI=1S/C14H18O4/c1-17-10(15)13(11(16)18-2)5-12-4-8-3-9(8)14(12,6-12)7-13/h8-9H,3-7H2,1-2H3/t8-,9-,12+,14+/m1/s1. The van der Waals surface area contributed by atoms with Crippen LogP contribution in [-0.2, 0) is 19.1 Å². The molecule has 98 valence electrons. The molecule has 4 nitrogen and oxygen atoms in total. The Kier molecular flexibility index (Phi) is 1.66. The molecule has 0 N–H and O–H groups in total. The van der Waals surface area contributed by atoms with E-state index in [1.54, 1.807) is 0 Å². The average molecular weight is 250 g/mol. The fraction of sp³-hybridized carbons (Fsp3) is 0.857. The molecule has 4 atom stereocenters. The Morgan fingerprint density at radius 1 is 1.06 bits per heavy atom. The summed E-state index contributed by atoms with van der Waals surface area (Å²) in [5, 5.41) is 0. The monoisotopic (exact) mass is 250 g/mol. The number of rotatable bonds is 2. The first-order chi connectivity index (χ1) is 8.53. The van der Waals surface area contributed by atoms with Gasteiger partial charge in [0.1, 0.15) is 0 Å². The zero-order valence-corrected chi connectivity index (χ0v) is 10.8. The summed E-state index contributed by atoms with van der Waals surface area (Å²) >= 11 is 0. The Morgan fingerprint density at radius 3 is 2.28 bits per heavy atom. The predicted octanol–water partition coefficient (Wildman–Crippen LogP) is 1.53. The molecule has 4 heteroatoms. The van der Waals surface area contributed by atoms with Crippen molar-refractivity contribution in [2.45, 2.75) is 32.1 Å². The van der Waals surface area contributed by atoms with Crippen LogP contribution in [0.4, 0.5) is 0 Å². The minimum Gasteiger partial charge on any atom is -0.468 e. The smallest absolute Gasteiger partial charge is 0.323 e. The van der Waals surface area contributed by atoms with Crippen LogP contribution in [0.3, 0.4) is 0 Å². The van der Waals surface area contributed by atoms with E-state index < -0.39 is 5.41 Å². The second kappa shape index (κ2) is 2.75. The Labute approximate surface area is 106 Å². The van der Waals surface area contributed by atoms with E-state index in [9.17, 15) is 9.59 Å². The molecule has 0 unspecified atom stereocenters. The van der Waals surface area contributed by atoms with Crippen molar-refractivity contribution >= 4 is 11.9 Å². The molecule has 0 amide bonds. The molecule has 4 aliphatic rings. The summed E-state index contributed by atoms with van der Waals surface area (Å²) in [5.41, 5.74) is -0.460. The topological polar surface area (TPSA) is 52.6 Å². The first-order valence-electron chi connectivity index (χ1n) is 6.70. The second-order valence-corrected chi connectivity index (χ2v) is 6.84. The second-order valence-electron chi connectivity index (χ2n) is 6.84. The van der Waals surface area contributed by atoms with Crippen LogP contribution < -0.4 is 0 Å². The lowest BCUT2D eigenvalue weighted by Crippen LogP contribution is -2.41. The SMILES string of the molecule is COC(=O)C1(C(=O)OC)C[C@]23C[C@H]4C[C@H]4[C@@]2(C1)C3. The predicted molar refractivity (Wildman–Crippen MR) is 61.4 cm³/mol. The van der Waals surface area contributed by atoms with Gasteiger partial charge in [-0.1, -0.05) is 0 Å². The quantitative estimate of drug-likeness (QED) is 0.551. The third-order valence-electron chi connectivity index (χ3n) is 6.28. The molecular weight excluding hydrogens is 232 g/mol. The van der Waals surface area contributed by atoms with Gasteiger partial charge in [0.15, 0.2) is 5.41 Å². The van der Waals surface area contributed by atoms with Crippen LogP contribution in [-0.4, -0.2) is 26.2 Å². The molecule has 4 fully saturated rings. The van der Waals surface area contributed by atoms with E-state index in [0.717, 1.165) is 11.8 Å². The van der Waals surface area contributed by atoms with Crippen molar-refractivity contribution in [3.63, 3.8) is 0 Å². The summed E-state index contributed by atoms with van der Waals surface area (Å²) < 4.78 is 9.79. The summed E-state index contributed by atoms with van der Waals surface area (Å²) in [6, 6.07) is 0. The summed E-state index contributed by atoms with van der Waals surface area (Å²) in [4.78, 5) is 24.2. The zero-order chi connectivity index (χ0) is 12.8. The average Bonchev–Trinajstić information content (AvgIpc) is 3.22. The van der Waals surface area contributed by atoms with Crippen LogP contribution in [0.1, 0.15) is 32.1 Å². The van der Waals surface area contributed by atoms with E-state index in [0.29, 0.717) is 12.8 Å². The number of ether oxygens (including phenoxy) is 2. The van der Waals surface area contributed by atoms with Gasteiger partial charge < -0.3 is 9.47 Å². The first kappa shape index (κ1) is 10.8. The van der Waals surface area contributed by atoms with E-state index in [1.807, 2.05) is 0 Å². The molecule has 18 heavy (non-hydrogen) atoms. The molecular formula is C14H18O4. The maximum Gasteiger partial charge on any atom is 0.323 e. The van der Waals surface area contributed by atoms with Gasteiger partial charge in [0.25, 0.3) is 0 Å². The number of fused-ring (bicyclic) bond motifs is 1. The van der Waals surface area contributed by atoms with Gasteiger partial charge in [0, 0.05) is 0 Å². The molecule has 4 rings (SSSR count). The van der Waals surface area contributed by atoms with E-state index in [2.05, 4.69) is 0 Å². The molecule has 0 aromatic rings. The number of methoxy groups -OCH3 is 2. The Balaban J connectivity index is 1.72. The maximum atomic E-state index is 12.1. The molecule has 0 spiro atoms. The number of carbonyl (C=O) groups excluding carboxylic acids is 2. The summed E-state index contributed by atoms with van der Waals surface area (Å²) in [5.74, 6) is 0.875. The van der Waals surface area contributed by atoms with Gasteiger partial charge in [-0.15, -0.1) is 0 Å². The largest absolute Gasteiger partial charge is 0.468 e. The van der Waals surface area contributed by atoms with Gasteiger partial charge in [0.2, 0.25) is 0 Å². The Hall–Kier alpha value is -1.06. The van der Waals surface area contributed by atoms with E-state index in [1.165, 1.54) is 33.5 Å². The van der Waals surface area contributed by atoms with Crippen molar-refractivity contribution in [2.75, 3.05) is 14.2 Å². The molecule has 0 saturated heterocycles. The highest BCUT2D eigenvalue weighted by Gasteiger charge is 2.87. The molecule has 0 aliphatic heterocycles. The summed E-state index contributed by atoms with van der Waals surface area (Å²) in [6.07, 6.45) is 5.07. The third kappa shape index (κ3) is 0.895. The minimum atomic E-state index is -1.00. The van der Waals surface area contributed by atoms with Crippen molar-refractivity contribution in [1.29, 1.82) is 0 Å². The van der Waals surface area contributed by atoms with Crippen LogP contribution in [0, 0.1) is 28.1 Å². The lowest BCUT2D eigenvalue weighted by Gasteiger charge is -2.28.